The van der Waals surface area contributed by atoms with Crippen LogP contribution >= 0.6 is 0 Å². The minimum absolute atomic E-state index is 0.0666. The third kappa shape index (κ3) is 3.12. The van der Waals surface area contributed by atoms with Gasteiger partial charge in [0.15, 0.2) is 0 Å². The van der Waals surface area contributed by atoms with E-state index < -0.39 is 12.1 Å². The highest BCUT2D eigenvalue weighted by molar-refractivity contribution is 5.86. The molecule has 3 heterocycles. The number of hydrogen-bond acceptors (Lipinski definition) is 6. The lowest BCUT2D eigenvalue weighted by atomic mass is 10.0. The monoisotopic (exact) mass is 303 g/mol. The van der Waals surface area contributed by atoms with Gasteiger partial charge in [0.25, 0.3) is 0 Å². The molecule has 0 saturated carbocycles. The van der Waals surface area contributed by atoms with Gasteiger partial charge in [0, 0.05) is 49.7 Å². The SMILES string of the molecule is O=C(O)c1[nH]ncc1CN1C[C@@H](Cc2cnccn2)[C@H](O)C1. The quantitative estimate of drug-likeness (QED) is 0.708. The third-order valence-corrected chi connectivity index (χ3v) is 3.90. The maximum atomic E-state index is 11.1. The Bertz CT molecular complexity index is 645. The number of carboxylic acids is 1. The smallest absolute Gasteiger partial charge is 0.354 e. The molecule has 1 fully saturated rings. The van der Waals surface area contributed by atoms with Gasteiger partial charge < -0.3 is 10.2 Å². The van der Waals surface area contributed by atoms with Gasteiger partial charge in [-0.1, -0.05) is 0 Å². The highest BCUT2D eigenvalue weighted by atomic mass is 16.4. The van der Waals surface area contributed by atoms with Crippen molar-refractivity contribution in [2.45, 2.75) is 19.1 Å². The van der Waals surface area contributed by atoms with E-state index in [9.17, 15) is 9.90 Å². The van der Waals surface area contributed by atoms with Crippen LogP contribution in [0.5, 0.6) is 0 Å². The second kappa shape index (κ2) is 6.20. The van der Waals surface area contributed by atoms with E-state index in [0.29, 0.717) is 31.6 Å². The average Bonchev–Trinajstić information content (AvgIpc) is 3.08. The molecule has 0 aromatic carbocycles. The topological polar surface area (TPSA) is 115 Å². The number of β-amino-alcohol motifs (C(OH)–C–C–N with tert-alkyl or cyclic N) is 1. The molecular formula is C14H17N5O3. The summed E-state index contributed by atoms with van der Waals surface area (Å²) < 4.78 is 0. The first-order valence-corrected chi connectivity index (χ1v) is 7.04. The van der Waals surface area contributed by atoms with E-state index in [1.807, 2.05) is 4.90 Å². The van der Waals surface area contributed by atoms with Crippen LogP contribution in [0.15, 0.2) is 24.8 Å². The Labute approximate surface area is 126 Å². The molecule has 1 saturated heterocycles. The molecule has 3 N–H and O–H groups in total. The fraction of sp³-hybridized carbons (Fsp3) is 0.429. The van der Waals surface area contributed by atoms with E-state index in [0.717, 1.165) is 5.69 Å². The predicted octanol–water partition coefficient (Wildman–Crippen LogP) is -0.0667. The van der Waals surface area contributed by atoms with Crippen LogP contribution in [0.25, 0.3) is 0 Å². The molecule has 2 aromatic heterocycles. The third-order valence-electron chi connectivity index (χ3n) is 3.90. The normalized spacial score (nSPS) is 22.0. The summed E-state index contributed by atoms with van der Waals surface area (Å²) in [5, 5.41) is 25.5. The summed E-state index contributed by atoms with van der Waals surface area (Å²) in [4.78, 5) is 21.4. The van der Waals surface area contributed by atoms with Crippen LogP contribution in [-0.2, 0) is 13.0 Å². The van der Waals surface area contributed by atoms with Gasteiger partial charge in [0.1, 0.15) is 5.69 Å². The van der Waals surface area contributed by atoms with Crippen molar-refractivity contribution in [3.8, 4) is 0 Å². The summed E-state index contributed by atoms with van der Waals surface area (Å²) in [6.07, 6.45) is 6.68. The van der Waals surface area contributed by atoms with E-state index in [-0.39, 0.29) is 11.6 Å². The molecule has 0 aliphatic carbocycles. The summed E-state index contributed by atoms with van der Waals surface area (Å²) in [5.74, 6) is -0.958. The Morgan fingerprint density at radius 1 is 1.36 bits per heavy atom. The van der Waals surface area contributed by atoms with Gasteiger partial charge in [0.2, 0.25) is 0 Å². The average molecular weight is 303 g/mol. The van der Waals surface area contributed by atoms with Crippen LogP contribution in [0.3, 0.4) is 0 Å². The largest absolute Gasteiger partial charge is 0.477 e. The van der Waals surface area contributed by atoms with Crippen molar-refractivity contribution in [2.75, 3.05) is 13.1 Å². The lowest BCUT2D eigenvalue weighted by molar-refractivity contribution is 0.0688. The van der Waals surface area contributed by atoms with Crippen molar-refractivity contribution in [1.29, 1.82) is 0 Å². The number of aromatic carboxylic acids is 1. The van der Waals surface area contributed by atoms with Crippen molar-refractivity contribution in [3.63, 3.8) is 0 Å². The Hall–Kier alpha value is -2.32. The van der Waals surface area contributed by atoms with Gasteiger partial charge in [-0.3, -0.25) is 20.0 Å². The number of carbonyl (C=O) groups is 1. The standard InChI is InChI=1S/C14H17N5O3/c20-12-8-19(7-10-4-17-18-13(10)14(21)22)6-9(12)3-11-5-15-1-2-16-11/h1-2,4-5,9,12,20H,3,6-8H2,(H,17,18)(H,21,22)/t9-,12-/m1/s1. The molecular weight excluding hydrogens is 286 g/mol. The summed E-state index contributed by atoms with van der Waals surface area (Å²) in [6, 6.07) is 0. The number of nitrogens with one attached hydrogen (secondary N) is 1. The van der Waals surface area contributed by atoms with E-state index in [2.05, 4.69) is 20.2 Å². The van der Waals surface area contributed by atoms with Gasteiger partial charge in [-0.25, -0.2) is 4.79 Å². The molecule has 8 nitrogen and oxygen atoms in total. The molecule has 0 unspecified atom stereocenters. The molecule has 0 radical (unpaired) electrons. The van der Waals surface area contributed by atoms with Gasteiger partial charge in [0.05, 0.1) is 18.0 Å². The molecule has 0 spiro atoms. The fourth-order valence-electron chi connectivity index (χ4n) is 2.83. The Kier molecular flexibility index (Phi) is 4.12. The number of aliphatic hydroxyl groups is 1. The van der Waals surface area contributed by atoms with Crippen molar-refractivity contribution >= 4 is 5.97 Å². The van der Waals surface area contributed by atoms with Gasteiger partial charge in [-0.2, -0.15) is 5.10 Å². The number of aromatic amines is 1. The highest BCUT2D eigenvalue weighted by Crippen LogP contribution is 2.22. The molecule has 1 aliphatic rings. The zero-order valence-corrected chi connectivity index (χ0v) is 11.9. The summed E-state index contributed by atoms with van der Waals surface area (Å²) in [5.41, 5.74) is 1.58. The predicted molar refractivity (Wildman–Crippen MR) is 76.1 cm³/mol. The zero-order chi connectivity index (χ0) is 15.5. The molecule has 2 aromatic rings. The lowest BCUT2D eigenvalue weighted by Crippen LogP contribution is -2.22. The molecule has 2 atom stereocenters. The van der Waals surface area contributed by atoms with Gasteiger partial charge >= 0.3 is 5.97 Å². The molecule has 0 amide bonds. The first-order valence-electron chi connectivity index (χ1n) is 7.04. The van der Waals surface area contributed by atoms with Crippen LogP contribution < -0.4 is 0 Å². The molecule has 0 bridgehead atoms. The van der Waals surface area contributed by atoms with Crippen molar-refractivity contribution in [1.82, 2.24) is 25.1 Å². The van der Waals surface area contributed by atoms with Crippen LogP contribution in [0.1, 0.15) is 21.7 Å². The first-order chi connectivity index (χ1) is 10.6. The second-order valence-electron chi connectivity index (χ2n) is 5.50. The van der Waals surface area contributed by atoms with E-state index in [4.69, 9.17) is 5.11 Å². The molecule has 1 aliphatic heterocycles. The molecule has 22 heavy (non-hydrogen) atoms. The zero-order valence-electron chi connectivity index (χ0n) is 11.9. The molecule has 8 heteroatoms. The second-order valence-corrected chi connectivity index (χ2v) is 5.50. The van der Waals surface area contributed by atoms with Gasteiger partial charge in [-0.15, -0.1) is 0 Å². The van der Waals surface area contributed by atoms with Crippen molar-refractivity contribution in [3.05, 3.63) is 41.7 Å². The summed E-state index contributed by atoms with van der Waals surface area (Å²) >= 11 is 0. The number of hydrogen-bond donors (Lipinski definition) is 3. The Balaban J connectivity index is 1.63. The highest BCUT2D eigenvalue weighted by Gasteiger charge is 2.32. The van der Waals surface area contributed by atoms with Crippen molar-refractivity contribution in [2.24, 2.45) is 5.92 Å². The number of carboxylic acid groups (broad SMARTS) is 1. The van der Waals surface area contributed by atoms with Crippen LogP contribution in [0.2, 0.25) is 0 Å². The number of aromatic nitrogens is 4. The number of H-pyrrole nitrogens is 1. The van der Waals surface area contributed by atoms with E-state index in [1.165, 1.54) is 6.20 Å². The van der Waals surface area contributed by atoms with Crippen LogP contribution in [0, 0.1) is 5.92 Å². The Morgan fingerprint density at radius 3 is 2.95 bits per heavy atom. The number of nitrogens with zero attached hydrogens (tertiary/aromatic N) is 4. The minimum Gasteiger partial charge on any atom is -0.477 e. The number of aliphatic hydroxyl groups excluding tert-OH is 1. The number of likely N-dealkylation sites (tertiary alicyclic amines) is 1. The van der Waals surface area contributed by atoms with Crippen LogP contribution in [0.4, 0.5) is 0 Å². The maximum absolute atomic E-state index is 11.1. The maximum Gasteiger partial charge on any atom is 0.354 e. The number of rotatable bonds is 5. The van der Waals surface area contributed by atoms with E-state index in [1.54, 1.807) is 18.6 Å². The van der Waals surface area contributed by atoms with E-state index >= 15 is 0 Å². The molecule has 3 rings (SSSR count). The summed E-state index contributed by atoms with van der Waals surface area (Å²) in [6.45, 7) is 1.64. The minimum atomic E-state index is -1.02. The molecule has 116 valence electrons. The fourth-order valence-corrected chi connectivity index (χ4v) is 2.83. The van der Waals surface area contributed by atoms with Crippen LogP contribution in [-0.4, -0.2) is 60.4 Å². The summed E-state index contributed by atoms with van der Waals surface area (Å²) in [7, 11) is 0. The Morgan fingerprint density at radius 2 is 2.23 bits per heavy atom. The van der Waals surface area contributed by atoms with Gasteiger partial charge in [-0.05, 0) is 6.42 Å². The first kappa shape index (κ1) is 14.6. The lowest BCUT2D eigenvalue weighted by Gasteiger charge is -2.14. The van der Waals surface area contributed by atoms with Crippen molar-refractivity contribution < 1.29 is 15.0 Å².